The Hall–Kier alpha value is -2.00. The van der Waals surface area contributed by atoms with E-state index in [4.69, 9.17) is 9.47 Å². The van der Waals surface area contributed by atoms with Crippen molar-refractivity contribution in [3.8, 4) is 0 Å². The molecule has 5 unspecified atom stereocenters. The van der Waals surface area contributed by atoms with Crippen molar-refractivity contribution in [3.05, 3.63) is 35.9 Å². The van der Waals surface area contributed by atoms with Gasteiger partial charge in [-0.1, -0.05) is 30.3 Å². The Bertz CT molecular complexity index is 611. The van der Waals surface area contributed by atoms with Crippen molar-refractivity contribution >= 4 is 11.8 Å². The fourth-order valence-electron chi connectivity index (χ4n) is 3.14. The molecule has 1 aliphatic rings. The van der Waals surface area contributed by atoms with Gasteiger partial charge in [0.2, 0.25) is 11.8 Å². The summed E-state index contributed by atoms with van der Waals surface area (Å²) < 4.78 is 10.9. The molecule has 5 atom stereocenters. The smallest absolute Gasteiger partial charge is 0.246 e. The monoisotopic (exact) mass is 380 g/mol. The highest BCUT2D eigenvalue weighted by atomic mass is 16.5. The largest absolute Gasteiger partial charge is 0.394 e. The number of aliphatic hydroxyl groups excluding tert-OH is 2. The quantitative estimate of drug-likeness (QED) is 0.477. The van der Waals surface area contributed by atoms with Crippen molar-refractivity contribution in [2.75, 3.05) is 19.8 Å². The molecule has 2 rings (SSSR count). The summed E-state index contributed by atoms with van der Waals surface area (Å²) in [5, 5.41) is 25.1. The number of carbonyl (C=O) groups is 2. The van der Waals surface area contributed by atoms with Gasteiger partial charge in [0.05, 0.1) is 19.3 Å². The van der Waals surface area contributed by atoms with Crippen molar-refractivity contribution in [2.45, 2.75) is 50.7 Å². The zero-order valence-electron chi connectivity index (χ0n) is 15.6. The Kier molecular flexibility index (Phi) is 8.18. The van der Waals surface area contributed by atoms with Crippen molar-refractivity contribution in [1.29, 1.82) is 0 Å². The van der Waals surface area contributed by atoms with Crippen LogP contribution in [0, 0.1) is 0 Å². The molecule has 0 spiro atoms. The maximum Gasteiger partial charge on any atom is 0.246 e. The molecule has 0 aromatic heterocycles. The predicted octanol–water partition coefficient (Wildman–Crippen LogP) is -0.624. The van der Waals surface area contributed by atoms with Gasteiger partial charge in [-0.05, 0) is 18.9 Å². The van der Waals surface area contributed by atoms with Gasteiger partial charge in [0.25, 0.3) is 0 Å². The highest BCUT2D eigenvalue weighted by Crippen LogP contribution is 2.18. The first kappa shape index (κ1) is 21.3. The molecule has 2 amide bonds. The molecule has 27 heavy (non-hydrogen) atoms. The molecular weight excluding hydrogens is 352 g/mol. The van der Waals surface area contributed by atoms with E-state index in [9.17, 15) is 19.8 Å². The first-order chi connectivity index (χ1) is 12.9. The zero-order chi connectivity index (χ0) is 19.8. The van der Waals surface area contributed by atoms with Crippen LogP contribution in [-0.4, -0.2) is 72.2 Å². The van der Waals surface area contributed by atoms with E-state index in [1.807, 2.05) is 37.3 Å². The minimum atomic E-state index is -1.16. The van der Waals surface area contributed by atoms with Crippen LogP contribution in [0.25, 0.3) is 0 Å². The van der Waals surface area contributed by atoms with Crippen molar-refractivity contribution in [2.24, 2.45) is 0 Å². The predicted molar refractivity (Wildman–Crippen MR) is 97.9 cm³/mol. The first-order valence-corrected chi connectivity index (χ1v) is 9.03. The Morgan fingerprint density at radius 2 is 2.04 bits per heavy atom. The van der Waals surface area contributed by atoms with E-state index in [0.717, 1.165) is 5.56 Å². The summed E-state index contributed by atoms with van der Waals surface area (Å²) in [5.41, 5.74) is 1.11. The summed E-state index contributed by atoms with van der Waals surface area (Å²) in [6.45, 7) is 2.68. The van der Waals surface area contributed by atoms with Crippen LogP contribution < -0.4 is 10.6 Å². The molecule has 150 valence electrons. The van der Waals surface area contributed by atoms with Crippen molar-refractivity contribution in [3.63, 3.8) is 0 Å². The molecule has 4 N–H and O–H groups in total. The van der Waals surface area contributed by atoms with Gasteiger partial charge < -0.3 is 30.3 Å². The second kappa shape index (κ2) is 10.4. The van der Waals surface area contributed by atoms with Gasteiger partial charge in [-0.25, -0.2) is 0 Å². The van der Waals surface area contributed by atoms with Crippen LogP contribution in [0.4, 0.5) is 0 Å². The fraction of sp³-hybridized carbons (Fsp3) is 0.579. The molecule has 0 aliphatic carbocycles. The fourth-order valence-corrected chi connectivity index (χ4v) is 3.14. The lowest BCUT2D eigenvalue weighted by atomic mass is 9.98. The molecule has 0 saturated carbocycles. The standard InChI is InChI=1S/C19H28N2O6/c1-12(8-14-6-4-3-5-7-14)20-17(24)11-27-19-15(21-13(2)23)10-26-16(9-22)18(19)25/h3-7,12,15-16,18-19,22,25H,8-11H2,1-2H3,(H,20,24)(H,21,23). The number of ether oxygens (including phenoxy) is 2. The Morgan fingerprint density at radius 1 is 1.33 bits per heavy atom. The molecule has 1 aromatic carbocycles. The molecular formula is C19H28N2O6. The molecule has 1 aliphatic heterocycles. The summed E-state index contributed by atoms with van der Waals surface area (Å²) >= 11 is 0. The summed E-state index contributed by atoms with van der Waals surface area (Å²) in [6.07, 6.45) is -2.14. The lowest BCUT2D eigenvalue weighted by Gasteiger charge is -2.39. The van der Waals surface area contributed by atoms with Gasteiger partial charge in [-0.3, -0.25) is 9.59 Å². The summed E-state index contributed by atoms with van der Waals surface area (Å²) in [7, 11) is 0. The number of hydrogen-bond acceptors (Lipinski definition) is 6. The maximum atomic E-state index is 12.2. The van der Waals surface area contributed by atoms with E-state index in [0.29, 0.717) is 6.42 Å². The van der Waals surface area contributed by atoms with E-state index in [-0.39, 0.29) is 37.7 Å². The minimum Gasteiger partial charge on any atom is -0.394 e. The van der Waals surface area contributed by atoms with Crippen LogP contribution in [0.2, 0.25) is 0 Å². The number of carbonyl (C=O) groups excluding carboxylic acids is 2. The van der Waals surface area contributed by atoms with Crippen LogP contribution in [-0.2, 0) is 25.5 Å². The van der Waals surface area contributed by atoms with Crippen LogP contribution in [0.5, 0.6) is 0 Å². The Morgan fingerprint density at radius 3 is 2.67 bits per heavy atom. The number of nitrogens with one attached hydrogen (secondary N) is 2. The molecule has 1 heterocycles. The number of aliphatic hydroxyl groups is 2. The Labute approximate surface area is 158 Å². The third kappa shape index (κ3) is 6.59. The average molecular weight is 380 g/mol. The molecule has 0 bridgehead atoms. The highest BCUT2D eigenvalue weighted by Gasteiger charge is 2.40. The SMILES string of the molecule is CC(=O)NC1COC(CO)C(O)C1OCC(=O)NC(C)Cc1ccccc1. The molecule has 8 nitrogen and oxygen atoms in total. The van der Waals surface area contributed by atoms with Gasteiger partial charge in [0, 0.05) is 13.0 Å². The van der Waals surface area contributed by atoms with Crippen LogP contribution in [0.15, 0.2) is 30.3 Å². The van der Waals surface area contributed by atoms with E-state index < -0.39 is 24.4 Å². The molecule has 1 saturated heterocycles. The van der Waals surface area contributed by atoms with Gasteiger partial charge in [0.15, 0.2) is 0 Å². The number of amides is 2. The van der Waals surface area contributed by atoms with E-state index >= 15 is 0 Å². The van der Waals surface area contributed by atoms with E-state index in [1.165, 1.54) is 6.92 Å². The second-order valence-corrected chi connectivity index (χ2v) is 6.79. The number of benzene rings is 1. The van der Waals surface area contributed by atoms with E-state index in [2.05, 4.69) is 10.6 Å². The maximum absolute atomic E-state index is 12.2. The summed E-state index contributed by atoms with van der Waals surface area (Å²) in [4.78, 5) is 23.5. The van der Waals surface area contributed by atoms with E-state index in [1.54, 1.807) is 0 Å². The molecule has 1 aromatic rings. The first-order valence-electron chi connectivity index (χ1n) is 9.03. The third-order valence-corrected chi connectivity index (χ3v) is 4.37. The van der Waals surface area contributed by atoms with Gasteiger partial charge in [-0.15, -0.1) is 0 Å². The zero-order valence-corrected chi connectivity index (χ0v) is 15.6. The van der Waals surface area contributed by atoms with Crippen molar-refractivity contribution in [1.82, 2.24) is 10.6 Å². The summed E-state index contributed by atoms with van der Waals surface area (Å²) in [5.74, 6) is -0.618. The van der Waals surface area contributed by atoms with Gasteiger partial charge in [0.1, 0.15) is 24.9 Å². The van der Waals surface area contributed by atoms with Crippen molar-refractivity contribution < 1.29 is 29.3 Å². The van der Waals surface area contributed by atoms with Crippen LogP contribution in [0.3, 0.4) is 0 Å². The highest BCUT2D eigenvalue weighted by molar-refractivity contribution is 5.77. The molecule has 1 fully saturated rings. The normalized spacial score (nSPS) is 26.2. The molecule has 8 heteroatoms. The topological polar surface area (TPSA) is 117 Å². The third-order valence-electron chi connectivity index (χ3n) is 4.37. The Balaban J connectivity index is 1.86. The molecule has 0 radical (unpaired) electrons. The number of rotatable bonds is 8. The van der Waals surface area contributed by atoms with Gasteiger partial charge in [-0.2, -0.15) is 0 Å². The average Bonchev–Trinajstić information content (AvgIpc) is 2.61. The van der Waals surface area contributed by atoms with Gasteiger partial charge >= 0.3 is 0 Å². The number of hydrogen-bond donors (Lipinski definition) is 4. The lowest BCUT2D eigenvalue weighted by Crippen LogP contribution is -2.61. The lowest BCUT2D eigenvalue weighted by molar-refractivity contribution is -0.181. The second-order valence-electron chi connectivity index (χ2n) is 6.79. The van der Waals surface area contributed by atoms with Crippen LogP contribution >= 0.6 is 0 Å². The minimum absolute atomic E-state index is 0.0819. The summed E-state index contributed by atoms with van der Waals surface area (Å²) in [6, 6.07) is 9.12. The van der Waals surface area contributed by atoms with Crippen LogP contribution in [0.1, 0.15) is 19.4 Å².